The number of carbonyl (C=O) groups is 1. The molecule has 1 aliphatic heterocycles. The van der Waals surface area contributed by atoms with Crippen LogP contribution in [0.4, 0.5) is 0 Å². The molecule has 1 rings (SSSR count). The van der Waals surface area contributed by atoms with Crippen molar-refractivity contribution in [2.75, 3.05) is 13.1 Å². The van der Waals surface area contributed by atoms with Crippen molar-refractivity contribution in [1.29, 1.82) is 0 Å². The van der Waals surface area contributed by atoms with Gasteiger partial charge in [-0.3, -0.25) is 4.79 Å². The molecule has 2 N–H and O–H groups in total. The topological polar surface area (TPSA) is 46.3 Å². The maximum absolute atomic E-state index is 12.2. The summed E-state index contributed by atoms with van der Waals surface area (Å²) in [5.74, 6) is 1.45. The zero-order valence-electron chi connectivity index (χ0n) is 11.6. The number of likely N-dealkylation sites (tertiary alicyclic amines) is 1. The summed E-state index contributed by atoms with van der Waals surface area (Å²) in [5.41, 5.74) is 5.98. The number of hydrogen-bond donors (Lipinski definition) is 1. The minimum absolute atomic E-state index is 0.162. The van der Waals surface area contributed by atoms with E-state index in [0.717, 1.165) is 38.3 Å². The predicted octanol–water partition coefficient (Wildman–Crippen LogP) is 2.40. The highest BCUT2D eigenvalue weighted by molar-refractivity contribution is 5.81. The van der Waals surface area contributed by atoms with Crippen LogP contribution in [0.5, 0.6) is 0 Å². The Hall–Kier alpha value is -0.570. The monoisotopic (exact) mass is 240 g/mol. The maximum Gasteiger partial charge on any atom is 0.239 e. The first-order valence-corrected chi connectivity index (χ1v) is 7.09. The van der Waals surface area contributed by atoms with Gasteiger partial charge in [0.05, 0.1) is 6.04 Å². The quantitative estimate of drug-likeness (QED) is 0.820. The van der Waals surface area contributed by atoms with Crippen molar-refractivity contribution in [3.05, 3.63) is 0 Å². The van der Waals surface area contributed by atoms with Gasteiger partial charge in [-0.05, 0) is 37.5 Å². The van der Waals surface area contributed by atoms with E-state index in [1.807, 2.05) is 4.90 Å². The van der Waals surface area contributed by atoms with Crippen LogP contribution in [0.15, 0.2) is 0 Å². The Morgan fingerprint density at radius 2 is 2.06 bits per heavy atom. The van der Waals surface area contributed by atoms with Crippen molar-refractivity contribution in [3.63, 3.8) is 0 Å². The zero-order chi connectivity index (χ0) is 12.8. The lowest BCUT2D eigenvalue weighted by Gasteiger charge is -2.25. The fourth-order valence-corrected chi connectivity index (χ4v) is 2.64. The number of rotatable bonds is 4. The van der Waals surface area contributed by atoms with E-state index < -0.39 is 0 Å². The van der Waals surface area contributed by atoms with Crippen molar-refractivity contribution in [1.82, 2.24) is 4.90 Å². The van der Waals surface area contributed by atoms with Crippen molar-refractivity contribution in [2.24, 2.45) is 17.6 Å². The highest BCUT2D eigenvalue weighted by atomic mass is 16.2. The second kappa shape index (κ2) is 7.00. The summed E-state index contributed by atoms with van der Waals surface area (Å²) < 4.78 is 0. The molecule has 1 saturated heterocycles. The highest BCUT2D eigenvalue weighted by Gasteiger charge is 2.24. The van der Waals surface area contributed by atoms with Gasteiger partial charge in [0.1, 0.15) is 0 Å². The molecule has 1 fully saturated rings. The molecule has 100 valence electrons. The van der Waals surface area contributed by atoms with E-state index in [1.54, 1.807) is 0 Å². The zero-order valence-corrected chi connectivity index (χ0v) is 11.6. The maximum atomic E-state index is 12.2. The lowest BCUT2D eigenvalue weighted by Crippen LogP contribution is -2.44. The second-order valence-corrected chi connectivity index (χ2v) is 5.77. The standard InChI is InChI=1S/C14H28N2O/c1-4-12-6-5-8-16(9-7-12)14(17)13(15)10-11(2)3/h11-13H,4-10,15H2,1-3H3/t12?,13-/m1/s1. The molecule has 3 nitrogen and oxygen atoms in total. The van der Waals surface area contributed by atoms with E-state index in [0.29, 0.717) is 5.92 Å². The summed E-state index contributed by atoms with van der Waals surface area (Å²) >= 11 is 0. The Morgan fingerprint density at radius 3 is 2.65 bits per heavy atom. The second-order valence-electron chi connectivity index (χ2n) is 5.77. The van der Waals surface area contributed by atoms with Gasteiger partial charge in [-0.2, -0.15) is 0 Å². The van der Waals surface area contributed by atoms with E-state index in [2.05, 4.69) is 20.8 Å². The Morgan fingerprint density at radius 1 is 1.35 bits per heavy atom. The van der Waals surface area contributed by atoms with Gasteiger partial charge in [0.15, 0.2) is 0 Å². The number of carbonyl (C=O) groups excluding carboxylic acids is 1. The highest BCUT2D eigenvalue weighted by Crippen LogP contribution is 2.20. The fourth-order valence-electron chi connectivity index (χ4n) is 2.64. The molecule has 0 aliphatic carbocycles. The summed E-state index contributed by atoms with van der Waals surface area (Å²) in [4.78, 5) is 14.2. The molecule has 0 aromatic rings. The lowest BCUT2D eigenvalue weighted by atomic mass is 9.98. The molecule has 0 radical (unpaired) electrons. The molecule has 0 saturated carbocycles. The Labute approximate surface area is 106 Å². The predicted molar refractivity (Wildman–Crippen MR) is 71.6 cm³/mol. The molecule has 0 bridgehead atoms. The smallest absolute Gasteiger partial charge is 0.239 e. The van der Waals surface area contributed by atoms with E-state index in [1.165, 1.54) is 12.8 Å². The molecular weight excluding hydrogens is 212 g/mol. The van der Waals surface area contributed by atoms with Gasteiger partial charge in [-0.1, -0.05) is 27.2 Å². The van der Waals surface area contributed by atoms with E-state index in [-0.39, 0.29) is 11.9 Å². The molecule has 1 unspecified atom stereocenters. The van der Waals surface area contributed by atoms with E-state index in [9.17, 15) is 4.79 Å². The van der Waals surface area contributed by atoms with Crippen LogP contribution in [0, 0.1) is 11.8 Å². The molecule has 1 heterocycles. The molecular formula is C14H28N2O. The first-order chi connectivity index (χ1) is 8.04. The lowest BCUT2D eigenvalue weighted by molar-refractivity contribution is -0.132. The summed E-state index contributed by atoms with van der Waals surface area (Å²) in [5, 5.41) is 0. The molecule has 0 aromatic heterocycles. The van der Waals surface area contributed by atoms with Gasteiger partial charge in [-0.15, -0.1) is 0 Å². The Balaban J connectivity index is 2.46. The largest absolute Gasteiger partial charge is 0.341 e. The van der Waals surface area contributed by atoms with Gasteiger partial charge in [0.25, 0.3) is 0 Å². The van der Waals surface area contributed by atoms with Crippen LogP contribution in [-0.2, 0) is 4.79 Å². The average molecular weight is 240 g/mol. The number of amides is 1. The molecule has 0 aromatic carbocycles. The SMILES string of the molecule is CCC1CCCN(C(=O)[C@H](N)CC(C)C)CC1. The van der Waals surface area contributed by atoms with Gasteiger partial charge in [-0.25, -0.2) is 0 Å². The average Bonchev–Trinajstić information content (AvgIpc) is 2.52. The molecule has 1 aliphatic rings. The van der Waals surface area contributed by atoms with Crippen LogP contribution in [0.3, 0.4) is 0 Å². The first-order valence-electron chi connectivity index (χ1n) is 7.09. The van der Waals surface area contributed by atoms with Crippen LogP contribution in [0.2, 0.25) is 0 Å². The number of nitrogens with zero attached hydrogens (tertiary/aromatic N) is 1. The Kier molecular flexibility index (Phi) is 5.96. The normalized spacial score (nSPS) is 23.6. The van der Waals surface area contributed by atoms with Crippen LogP contribution >= 0.6 is 0 Å². The summed E-state index contributed by atoms with van der Waals surface area (Å²) in [7, 11) is 0. The fraction of sp³-hybridized carbons (Fsp3) is 0.929. The van der Waals surface area contributed by atoms with Gasteiger partial charge in [0, 0.05) is 13.1 Å². The van der Waals surface area contributed by atoms with Crippen LogP contribution in [-0.4, -0.2) is 29.9 Å². The summed E-state index contributed by atoms with van der Waals surface area (Å²) in [6.45, 7) is 8.28. The number of nitrogens with two attached hydrogens (primary N) is 1. The van der Waals surface area contributed by atoms with Crippen molar-refractivity contribution in [3.8, 4) is 0 Å². The Bertz CT molecular complexity index is 240. The third kappa shape index (κ3) is 4.66. The van der Waals surface area contributed by atoms with Crippen LogP contribution < -0.4 is 5.73 Å². The van der Waals surface area contributed by atoms with E-state index in [4.69, 9.17) is 5.73 Å². The third-order valence-corrected chi connectivity index (χ3v) is 3.78. The summed E-state index contributed by atoms with van der Waals surface area (Å²) in [6, 6.07) is -0.298. The van der Waals surface area contributed by atoms with Gasteiger partial charge >= 0.3 is 0 Å². The minimum atomic E-state index is -0.298. The van der Waals surface area contributed by atoms with Crippen molar-refractivity contribution < 1.29 is 4.79 Å². The van der Waals surface area contributed by atoms with Crippen LogP contribution in [0.1, 0.15) is 52.9 Å². The molecule has 2 atom stereocenters. The number of hydrogen-bond acceptors (Lipinski definition) is 2. The van der Waals surface area contributed by atoms with Crippen molar-refractivity contribution >= 4 is 5.91 Å². The third-order valence-electron chi connectivity index (χ3n) is 3.78. The van der Waals surface area contributed by atoms with Gasteiger partial charge < -0.3 is 10.6 Å². The van der Waals surface area contributed by atoms with E-state index >= 15 is 0 Å². The minimum Gasteiger partial charge on any atom is -0.341 e. The first kappa shape index (κ1) is 14.5. The molecule has 0 spiro atoms. The van der Waals surface area contributed by atoms with Crippen LogP contribution in [0.25, 0.3) is 0 Å². The summed E-state index contributed by atoms with van der Waals surface area (Å²) in [6.07, 6.45) is 5.58. The molecule has 1 amide bonds. The molecule has 17 heavy (non-hydrogen) atoms. The van der Waals surface area contributed by atoms with Crippen molar-refractivity contribution in [2.45, 2.75) is 58.9 Å². The molecule has 3 heteroatoms. The van der Waals surface area contributed by atoms with Gasteiger partial charge in [0.2, 0.25) is 5.91 Å².